The van der Waals surface area contributed by atoms with Crippen molar-refractivity contribution in [2.45, 2.75) is 6.92 Å². The van der Waals surface area contributed by atoms with Crippen molar-refractivity contribution in [3.05, 3.63) is 41.0 Å². The number of amides is 2. The highest BCUT2D eigenvalue weighted by Gasteiger charge is 2.11. The van der Waals surface area contributed by atoms with Gasteiger partial charge in [-0.15, -0.1) is 11.3 Å². The smallest absolute Gasteiger partial charge is 0.316 e. The number of carbonyl (C=O) groups excluding carboxylic acids is 2. The SMILES string of the molecule is CC(=O)c1ccc(-c2cc(NC(N)=O)ccc2F)s1. The minimum atomic E-state index is -0.715. The van der Waals surface area contributed by atoms with E-state index in [1.54, 1.807) is 12.1 Å². The number of thiophene rings is 1. The largest absolute Gasteiger partial charge is 0.351 e. The van der Waals surface area contributed by atoms with Crippen LogP contribution in [-0.4, -0.2) is 11.8 Å². The Morgan fingerprint density at radius 2 is 2.00 bits per heavy atom. The summed E-state index contributed by atoms with van der Waals surface area (Å²) in [6, 6.07) is 6.75. The number of urea groups is 1. The molecule has 0 aliphatic carbocycles. The van der Waals surface area contributed by atoms with Gasteiger partial charge in [-0.05, 0) is 37.3 Å². The van der Waals surface area contributed by atoms with Gasteiger partial charge in [0.15, 0.2) is 5.78 Å². The molecule has 98 valence electrons. The molecule has 0 fully saturated rings. The van der Waals surface area contributed by atoms with Gasteiger partial charge >= 0.3 is 6.03 Å². The Morgan fingerprint density at radius 3 is 2.58 bits per heavy atom. The molecule has 0 aliphatic heterocycles. The third kappa shape index (κ3) is 2.97. The van der Waals surface area contributed by atoms with Crippen molar-refractivity contribution in [3.63, 3.8) is 0 Å². The van der Waals surface area contributed by atoms with E-state index < -0.39 is 11.8 Å². The first-order chi connectivity index (χ1) is 8.97. The molecule has 0 saturated carbocycles. The summed E-state index contributed by atoms with van der Waals surface area (Å²) < 4.78 is 13.8. The number of hydrogen-bond donors (Lipinski definition) is 2. The van der Waals surface area contributed by atoms with Crippen molar-refractivity contribution in [2.24, 2.45) is 5.73 Å². The molecule has 2 rings (SSSR count). The molecule has 0 aliphatic rings. The zero-order valence-corrected chi connectivity index (χ0v) is 10.9. The van der Waals surface area contributed by atoms with E-state index in [2.05, 4.69) is 5.32 Å². The van der Waals surface area contributed by atoms with E-state index >= 15 is 0 Å². The van der Waals surface area contributed by atoms with Crippen molar-refractivity contribution in [1.82, 2.24) is 0 Å². The lowest BCUT2D eigenvalue weighted by Crippen LogP contribution is -2.19. The van der Waals surface area contributed by atoms with Gasteiger partial charge in [-0.25, -0.2) is 9.18 Å². The fraction of sp³-hybridized carbons (Fsp3) is 0.0769. The predicted octanol–water partition coefficient (Wildman–Crippen LogP) is 3.25. The van der Waals surface area contributed by atoms with Gasteiger partial charge in [0.1, 0.15) is 5.82 Å². The second-order valence-corrected chi connectivity index (χ2v) is 4.99. The van der Waals surface area contributed by atoms with Crippen LogP contribution in [0.4, 0.5) is 14.9 Å². The first-order valence-corrected chi connectivity index (χ1v) is 6.26. The van der Waals surface area contributed by atoms with Crippen LogP contribution in [0.3, 0.4) is 0 Å². The number of anilines is 1. The Bertz CT molecular complexity index is 652. The van der Waals surface area contributed by atoms with Crippen LogP contribution in [0.2, 0.25) is 0 Å². The number of hydrogen-bond acceptors (Lipinski definition) is 3. The molecule has 0 atom stereocenters. The van der Waals surface area contributed by atoms with Crippen LogP contribution in [0.15, 0.2) is 30.3 Å². The first kappa shape index (κ1) is 13.2. The summed E-state index contributed by atoms with van der Waals surface area (Å²) in [6.45, 7) is 1.46. The number of Topliss-reactive ketones (excluding diaryl/α,β-unsaturated/α-hetero) is 1. The van der Waals surface area contributed by atoms with E-state index in [1.165, 1.54) is 36.5 Å². The maximum Gasteiger partial charge on any atom is 0.316 e. The minimum Gasteiger partial charge on any atom is -0.351 e. The van der Waals surface area contributed by atoms with Gasteiger partial charge in [0.2, 0.25) is 0 Å². The third-order valence-corrected chi connectivity index (χ3v) is 3.67. The standard InChI is InChI=1S/C13H11FN2O2S/c1-7(17)11-4-5-12(19-11)9-6-8(16-13(15)18)2-3-10(9)14/h2-6H,1H3,(H3,15,16,18). The van der Waals surface area contributed by atoms with E-state index in [4.69, 9.17) is 5.73 Å². The van der Waals surface area contributed by atoms with E-state index in [9.17, 15) is 14.0 Å². The number of nitrogens with one attached hydrogen (secondary N) is 1. The highest BCUT2D eigenvalue weighted by molar-refractivity contribution is 7.17. The molecule has 0 radical (unpaired) electrons. The molecule has 19 heavy (non-hydrogen) atoms. The number of benzene rings is 1. The summed E-state index contributed by atoms with van der Waals surface area (Å²) in [5.41, 5.74) is 5.74. The molecule has 4 nitrogen and oxygen atoms in total. The van der Waals surface area contributed by atoms with Crippen molar-refractivity contribution in [1.29, 1.82) is 0 Å². The molecule has 1 aromatic carbocycles. The summed E-state index contributed by atoms with van der Waals surface area (Å²) in [5.74, 6) is -0.491. The average molecular weight is 278 g/mol. The highest BCUT2D eigenvalue weighted by Crippen LogP contribution is 2.32. The summed E-state index contributed by atoms with van der Waals surface area (Å²) >= 11 is 1.20. The van der Waals surface area contributed by atoms with E-state index in [0.717, 1.165) is 0 Å². The lowest BCUT2D eigenvalue weighted by molar-refractivity contribution is 0.102. The molecule has 6 heteroatoms. The van der Waals surface area contributed by atoms with Gasteiger partial charge in [0.25, 0.3) is 0 Å². The van der Waals surface area contributed by atoms with E-state index in [0.29, 0.717) is 21.0 Å². The molecule has 0 unspecified atom stereocenters. The molecule has 0 spiro atoms. The lowest BCUT2D eigenvalue weighted by Gasteiger charge is -2.05. The van der Waals surface area contributed by atoms with Crippen molar-refractivity contribution in [3.8, 4) is 10.4 Å². The van der Waals surface area contributed by atoms with Crippen molar-refractivity contribution in [2.75, 3.05) is 5.32 Å². The summed E-state index contributed by atoms with van der Waals surface area (Å²) in [6.07, 6.45) is 0. The maximum atomic E-state index is 13.8. The first-order valence-electron chi connectivity index (χ1n) is 5.44. The number of halogens is 1. The molecule has 1 aromatic heterocycles. The molecular weight excluding hydrogens is 267 g/mol. The summed E-state index contributed by atoms with van der Waals surface area (Å²) in [4.78, 5) is 23.2. The third-order valence-electron chi connectivity index (χ3n) is 2.45. The molecule has 2 aromatic rings. The average Bonchev–Trinajstić information content (AvgIpc) is 2.80. The Labute approximate surface area is 113 Å². The van der Waals surface area contributed by atoms with Gasteiger partial charge in [-0.1, -0.05) is 0 Å². The predicted molar refractivity (Wildman–Crippen MR) is 72.9 cm³/mol. The topological polar surface area (TPSA) is 72.2 Å². The monoisotopic (exact) mass is 278 g/mol. The van der Waals surface area contributed by atoms with Gasteiger partial charge in [0.05, 0.1) is 4.88 Å². The van der Waals surface area contributed by atoms with Crippen LogP contribution in [0.25, 0.3) is 10.4 Å². The number of rotatable bonds is 3. The molecule has 0 bridgehead atoms. The Kier molecular flexibility index (Phi) is 3.62. The highest BCUT2D eigenvalue weighted by atomic mass is 32.1. The zero-order chi connectivity index (χ0) is 14.0. The van der Waals surface area contributed by atoms with Gasteiger partial charge in [0, 0.05) is 16.1 Å². The zero-order valence-electron chi connectivity index (χ0n) is 10.1. The van der Waals surface area contributed by atoms with Crippen LogP contribution in [0.1, 0.15) is 16.6 Å². The van der Waals surface area contributed by atoms with Crippen LogP contribution in [-0.2, 0) is 0 Å². The van der Waals surface area contributed by atoms with Gasteiger partial charge in [-0.3, -0.25) is 4.79 Å². The van der Waals surface area contributed by atoms with Crippen LogP contribution < -0.4 is 11.1 Å². The number of nitrogens with two attached hydrogens (primary N) is 1. The molecule has 0 saturated heterocycles. The second-order valence-electron chi connectivity index (χ2n) is 3.90. The van der Waals surface area contributed by atoms with Crippen LogP contribution in [0, 0.1) is 5.82 Å². The van der Waals surface area contributed by atoms with Crippen molar-refractivity contribution >= 4 is 28.8 Å². The normalized spacial score (nSPS) is 10.2. The number of carbonyl (C=O) groups is 2. The van der Waals surface area contributed by atoms with E-state index in [1.807, 2.05) is 0 Å². The van der Waals surface area contributed by atoms with Gasteiger partial charge in [-0.2, -0.15) is 0 Å². The summed E-state index contributed by atoms with van der Waals surface area (Å²) in [7, 11) is 0. The van der Waals surface area contributed by atoms with Gasteiger partial charge < -0.3 is 11.1 Å². The van der Waals surface area contributed by atoms with Crippen LogP contribution in [0.5, 0.6) is 0 Å². The summed E-state index contributed by atoms with van der Waals surface area (Å²) in [5, 5.41) is 2.38. The Balaban J connectivity index is 2.42. The molecule has 3 N–H and O–H groups in total. The van der Waals surface area contributed by atoms with Crippen LogP contribution >= 0.6 is 11.3 Å². The Morgan fingerprint density at radius 1 is 1.26 bits per heavy atom. The number of ketones is 1. The maximum absolute atomic E-state index is 13.8. The quantitative estimate of drug-likeness (QED) is 0.846. The fourth-order valence-electron chi connectivity index (χ4n) is 1.61. The minimum absolute atomic E-state index is 0.0666. The second kappa shape index (κ2) is 5.19. The van der Waals surface area contributed by atoms with Crippen molar-refractivity contribution < 1.29 is 14.0 Å². The lowest BCUT2D eigenvalue weighted by atomic mass is 10.1. The fourth-order valence-corrected chi connectivity index (χ4v) is 2.53. The Hall–Kier alpha value is -2.21. The number of primary amides is 1. The molecular formula is C13H11FN2O2S. The molecule has 2 amide bonds. The molecule has 1 heterocycles. The van der Waals surface area contributed by atoms with E-state index in [-0.39, 0.29) is 5.78 Å².